The summed E-state index contributed by atoms with van der Waals surface area (Å²) in [5, 5.41) is 2.02. The lowest BCUT2D eigenvalue weighted by Crippen LogP contribution is -2.11. The van der Waals surface area contributed by atoms with Crippen LogP contribution in [-0.4, -0.2) is 8.42 Å². The van der Waals surface area contributed by atoms with Gasteiger partial charge in [-0.2, -0.15) is 0 Å². The van der Waals surface area contributed by atoms with E-state index in [1.54, 1.807) is 17.5 Å². The molecule has 0 fully saturated rings. The number of nitrogen functional groups attached to an aromatic ring is 1. The van der Waals surface area contributed by atoms with Crippen molar-refractivity contribution < 1.29 is 8.42 Å². The summed E-state index contributed by atoms with van der Waals surface area (Å²) < 4.78 is 27.3. The number of sulfonamides is 1. The molecule has 2 aromatic rings. The van der Waals surface area contributed by atoms with E-state index in [-0.39, 0.29) is 4.21 Å². The number of halogens is 2. The molecule has 0 aliphatic rings. The summed E-state index contributed by atoms with van der Waals surface area (Å²) >= 11 is 10.1. The first-order valence-corrected chi connectivity index (χ1v) is 8.24. The molecule has 1 aromatic heterocycles. The van der Waals surface area contributed by atoms with Crippen molar-refractivity contribution >= 4 is 60.3 Å². The van der Waals surface area contributed by atoms with Gasteiger partial charge < -0.3 is 5.73 Å². The van der Waals surface area contributed by atoms with E-state index in [1.165, 1.54) is 12.1 Å². The van der Waals surface area contributed by atoms with Crippen LogP contribution in [-0.2, 0) is 10.0 Å². The van der Waals surface area contributed by atoms with Gasteiger partial charge in [0.05, 0.1) is 5.69 Å². The Bertz CT molecular complexity index is 685. The number of nitrogens with one attached hydrogen (secondary N) is 1. The maximum absolute atomic E-state index is 12.1. The van der Waals surface area contributed by atoms with Crippen LogP contribution in [0.25, 0.3) is 0 Å². The molecule has 1 aromatic carbocycles. The number of nitrogens with two attached hydrogens (primary N) is 1. The molecule has 0 radical (unpaired) electrons. The molecule has 3 N–H and O–H groups in total. The maximum Gasteiger partial charge on any atom is 0.271 e. The van der Waals surface area contributed by atoms with Crippen molar-refractivity contribution in [1.82, 2.24) is 0 Å². The molecule has 2 rings (SSSR count). The monoisotopic (exact) mass is 366 g/mol. The second kappa shape index (κ2) is 5.08. The predicted molar refractivity (Wildman–Crippen MR) is 78.7 cm³/mol. The number of benzene rings is 1. The minimum absolute atomic E-state index is 0.159. The fourth-order valence-electron chi connectivity index (χ4n) is 1.24. The molecule has 0 atom stereocenters. The molecule has 4 nitrogen and oxygen atoms in total. The number of rotatable bonds is 3. The fourth-order valence-corrected chi connectivity index (χ4v) is 4.04. The first-order chi connectivity index (χ1) is 8.38. The minimum Gasteiger partial charge on any atom is -0.398 e. The van der Waals surface area contributed by atoms with Crippen molar-refractivity contribution in [1.29, 1.82) is 0 Å². The van der Waals surface area contributed by atoms with Crippen LogP contribution in [0.15, 0.2) is 38.3 Å². The van der Waals surface area contributed by atoms with E-state index in [1.807, 2.05) is 0 Å². The topological polar surface area (TPSA) is 72.2 Å². The van der Waals surface area contributed by atoms with E-state index in [0.717, 1.165) is 11.3 Å². The van der Waals surface area contributed by atoms with Gasteiger partial charge >= 0.3 is 0 Å². The summed E-state index contributed by atoms with van der Waals surface area (Å²) in [5.74, 6) is 0. The third kappa shape index (κ3) is 2.97. The van der Waals surface area contributed by atoms with Crippen LogP contribution in [0, 0.1) is 0 Å². The highest BCUT2D eigenvalue weighted by molar-refractivity contribution is 9.10. The van der Waals surface area contributed by atoms with Gasteiger partial charge in [-0.3, -0.25) is 4.72 Å². The lowest BCUT2D eigenvalue weighted by Gasteiger charge is -2.08. The standard InChI is InChI=1S/C10H8BrClN2O2S2/c11-8-2-1-6(12)3-9(8)14-18(15,16)10-4-7(13)5-17-10/h1-5,14H,13H2. The third-order valence-electron chi connectivity index (χ3n) is 2.03. The molecule has 0 saturated carbocycles. The minimum atomic E-state index is -3.63. The Kier molecular flexibility index (Phi) is 3.86. The van der Waals surface area contributed by atoms with E-state index in [9.17, 15) is 8.42 Å². The number of hydrogen-bond acceptors (Lipinski definition) is 4. The average Bonchev–Trinajstić information content (AvgIpc) is 2.71. The van der Waals surface area contributed by atoms with Gasteiger partial charge in [0.25, 0.3) is 10.0 Å². The second-order valence-corrected chi connectivity index (χ2v) is 7.54. The molecule has 8 heteroatoms. The van der Waals surface area contributed by atoms with Gasteiger partial charge in [-0.1, -0.05) is 11.6 Å². The fraction of sp³-hybridized carbons (Fsp3) is 0. The molecule has 0 unspecified atom stereocenters. The van der Waals surface area contributed by atoms with E-state index in [4.69, 9.17) is 17.3 Å². The largest absolute Gasteiger partial charge is 0.398 e. The molecule has 0 spiro atoms. The first kappa shape index (κ1) is 13.7. The molecule has 0 saturated heterocycles. The Morgan fingerprint density at radius 2 is 2.06 bits per heavy atom. The summed E-state index contributed by atoms with van der Waals surface area (Å²) in [4.78, 5) is 0. The van der Waals surface area contributed by atoms with E-state index in [0.29, 0.717) is 20.9 Å². The van der Waals surface area contributed by atoms with E-state index < -0.39 is 10.0 Å². The van der Waals surface area contributed by atoms with Crippen LogP contribution in [0.5, 0.6) is 0 Å². The van der Waals surface area contributed by atoms with Gasteiger partial charge in [0.2, 0.25) is 0 Å². The summed E-state index contributed by atoms with van der Waals surface area (Å²) in [5.41, 5.74) is 6.32. The van der Waals surface area contributed by atoms with Crippen molar-refractivity contribution in [2.75, 3.05) is 10.5 Å². The second-order valence-electron chi connectivity index (χ2n) is 3.43. The summed E-state index contributed by atoms with van der Waals surface area (Å²) in [7, 11) is -3.63. The highest BCUT2D eigenvalue weighted by Gasteiger charge is 2.17. The SMILES string of the molecule is Nc1csc(S(=O)(=O)Nc2cc(Cl)ccc2Br)c1. The molecular weight excluding hydrogens is 360 g/mol. The Balaban J connectivity index is 2.36. The summed E-state index contributed by atoms with van der Waals surface area (Å²) in [6, 6.07) is 6.27. The molecule has 0 aliphatic carbocycles. The Morgan fingerprint density at radius 3 is 2.67 bits per heavy atom. The highest BCUT2D eigenvalue weighted by Crippen LogP contribution is 2.30. The molecule has 96 valence electrons. The maximum atomic E-state index is 12.1. The number of thiophene rings is 1. The molecule has 0 aliphatic heterocycles. The first-order valence-electron chi connectivity index (χ1n) is 4.70. The van der Waals surface area contributed by atoms with Gasteiger partial charge in [-0.15, -0.1) is 11.3 Å². The zero-order chi connectivity index (χ0) is 13.3. The number of anilines is 2. The van der Waals surface area contributed by atoms with Crippen molar-refractivity contribution in [3.8, 4) is 0 Å². The Labute approximate surface area is 122 Å². The zero-order valence-electron chi connectivity index (χ0n) is 8.85. The van der Waals surface area contributed by atoms with Crippen LogP contribution in [0.3, 0.4) is 0 Å². The molecule has 0 bridgehead atoms. The van der Waals surface area contributed by atoms with Gasteiger partial charge in [0, 0.05) is 20.6 Å². The third-order valence-corrected chi connectivity index (χ3v) is 5.78. The van der Waals surface area contributed by atoms with Crippen LogP contribution < -0.4 is 10.5 Å². The average molecular weight is 368 g/mol. The predicted octanol–water partition coefficient (Wildman–Crippen LogP) is 3.55. The van der Waals surface area contributed by atoms with Crippen LogP contribution in [0.1, 0.15) is 0 Å². The quantitative estimate of drug-likeness (QED) is 0.871. The van der Waals surface area contributed by atoms with Crippen molar-refractivity contribution in [3.63, 3.8) is 0 Å². The van der Waals surface area contributed by atoms with Gasteiger partial charge in [0.15, 0.2) is 0 Å². The Morgan fingerprint density at radius 1 is 1.33 bits per heavy atom. The summed E-state index contributed by atoms with van der Waals surface area (Å²) in [6.45, 7) is 0. The molecule has 18 heavy (non-hydrogen) atoms. The normalized spacial score (nSPS) is 11.4. The van der Waals surface area contributed by atoms with E-state index in [2.05, 4.69) is 20.7 Å². The highest BCUT2D eigenvalue weighted by atomic mass is 79.9. The van der Waals surface area contributed by atoms with Crippen molar-refractivity contribution in [2.24, 2.45) is 0 Å². The van der Waals surface area contributed by atoms with Crippen molar-refractivity contribution in [3.05, 3.63) is 39.1 Å². The van der Waals surface area contributed by atoms with Crippen LogP contribution in [0.2, 0.25) is 5.02 Å². The van der Waals surface area contributed by atoms with Crippen LogP contribution >= 0.6 is 38.9 Å². The van der Waals surface area contributed by atoms with Gasteiger partial charge in [-0.05, 0) is 40.2 Å². The Hall–Kier alpha value is -0.760. The summed E-state index contributed by atoms with van der Waals surface area (Å²) in [6.07, 6.45) is 0. The lowest BCUT2D eigenvalue weighted by atomic mass is 10.3. The lowest BCUT2D eigenvalue weighted by molar-refractivity contribution is 0.603. The smallest absolute Gasteiger partial charge is 0.271 e. The van der Waals surface area contributed by atoms with Crippen molar-refractivity contribution in [2.45, 2.75) is 4.21 Å². The molecular formula is C10H8BrClN2O2S2. The number of hydrogen-bond donors (Lipinski definition) is 2. The van der Waals surface area contributed by atoms with Gasteiger partial charge in [-0.25, -0.2) is 8.42 Å². The van der Waals surface area contributed by atoms with Crippen LogP contribution in [0.4, 0.5) is 11.4 Å². The van der Waals surface area contributed by atoms with Gasteiger partial charge in [0.1, 0.15) is 4.21 Å². The van der Waals surface area contributed by atoms with E-state index >= 15 is 0 Å². The molecule has 1 heterocycles. The zero-order valence-corrected chi connectivity index (χ0v) is 12.8. The molecule has 0 amide bonds.